The van der Waals surface area contributed by atoms with Gasteiger partial charge in [-0.05, 0) is 48.7 Å². The SMILES string of the molecule is CC(Cc1cc(C2CCCCC2)n(-c2ccc(OCc3ccccc3)cc2)n1)C(=O)O. The number of ether oxygens (including phenoxy) is 1. The summed E-state index contributed by atoms with van der Waals surface area (Å²) in [6, 6.07) is 20.3. The summed E-state index contributed by atoms with van der Waals surface area (Å²) in [6.07, 6.45) is 6.54. The number of rotatable bonds is 8. The number of hydrogen-bond acceptors (Lipinski definition) is 3. The Balaban J connectivity index is 1.54. The van der Waals surface area contributed by atoms with E-state index in [1.54, 1.807) is 6.92 Å². The third kappa shape index (κ3) is 5.35. The van der Waals surface area contributed by atoms with Gasteiger partial charge in [0, 0.05) is 18.0 Å². The predicted molar refractivity (Wildman–Crippen MR) is 121 cm³/mol. The molecule has 1 aromatic heterocycles. The maximum Gasteiger partial charge on any atom is 0.306 e. The Labute approximate surface area is 183 Å². The van der Waals surface area contributed by atoms with Gasteiger partial charge in [-0.3, -0.25) is 4.79 Å². The lowest BCUT2D eigenvalue weighted by atomic mass is 9.86. The van der Waals surface area contributed by atoms with Gasteiger partial charge in [0.2, 0.25) is 0 Å². The van der Waals surface area contributed by atoms with Crippen molar-refractivity contribution in [2.45, 2.75) is 58.0 Å². The van der Waals surface area contributed by atoms with Gasteiger partial charge >= 0.3 is 5.97 Å². The molecule has 1 fully saturated rings. The number of carboxylic acid groups (broad SMARTS) is 1. The molecule has 1 saturated carbocycles. The van der Waals surface area contributed by atoms with Crippen molar-refractivity contribution in [1.29, 1.82) is 0 Å². The minimum Gasteiger partial charge on any atom is -0.489 e. The summed E-state index contributed by atoms with van der Waals surface area (Å²) in [4.78, 5) is 11.3. The van der Waals surface area contributed by atoms with Crippen LogP contribution in [-0.2, 0) is 17.8 Å². The van der Waals surface area contributed by atoms with Crippen molar-refractivity contribution >= 4 is 5.97 Å². The largest absolute Gasteiger partial charge is 0.489 e. The molecule has 3 aromatic rings. The molecule has 1 heterocycles. The number of benzene rings is 2. The molecule has 1 aliphatic carbocycles. The first kappa shape index (κ1) is 21.2. The average Bonchev–Trinajstić information content (AvgIpc) is 3.23. The van der Waals surface area contributed by atoms with Crippen LogP contribution in [0, 0.1) is 5.92 Å². The standard InChI is InChI=1S/C26H30N2O3/c1-19(26(29)30)16-22-17-25(21-10-6-3-7-11-21)28(27-22)23-12-14-24(15-13-23)31-18-20-8-4-2-5-9-20/h2,4-5,8-9,12-15,17,19,21H,3,6-7,10-11,16,18H2,1H3,(H,29,30). The van der Waals surface area contributed by atoms with Crippen LogP contribution in [0.4, 0.5) is 0 Å². The zero-order valence-electron chi connectivity index (χ0n) is 18.0. The van der Waals surface area contributed by atoms with Gasteiger partial charge in [0.05, 0.1) is 17.3 Å². The molecule has 1 atom stereocenters. The molecule has 1 aliphatic rings. The van der Waals surface area contributed by atoms with Gasteiger partial charge in [0.1, 0.15) is 12.4 Å². The second-order valence-corrected chi connectivity index (χ2v) is 8.52. The second kappa shape index (κ2) is 9.82. The van der Waals surface area contributed by atoms with Crippen LogP contribution in [0.2, 0.25) is 0 Å². The van der Waals surface area contributed by atoms with Crippen molar-refractivity contribution in [3.8, 4) is 11.4 Å². The topological polar surface area (TPSA) is 64.4 Å². The zero-order chi connectivity index (χ0) is 21.6. The summed E-state index contributed by atoms with van der Waals surface area (Å²) in [5.74, 6) is 0.0628. The van der Waals surface area contributed by atoms with Gasteiger partial charge in [0.15, 0.2) is 0 Å². The van der Waals surface area contributed by atoms with Crippen LogP contribution in [0.5, 0.6) is 5.75 Å². The number of carbonyl (C=O) groups is 1. The fraction of sp³-hybridized carbons (Fsp3) is 0.385. The molecule has 1 unspecified atom stereocenters. The van der Waals surface area contributed by atoms with E-state index in [2.05, 4.69) is 6.07 Å². The maximum absolute atomic E-state index is 11.3. The van der Waals surface area contributed by atoms with Gasteiger partial charge < -0.3 is 9.84 Å². The molecule has 162 valence electrons. The summed E-state index contributed by atoms with van der Waals surface area (Å²) >= 11 is 0. The van der Waals surface area contributed by atoms with Gasteiger partial charge in [0.25, 0.3) is 0 Å². The molecule has 0 bridgehead atoms. The predicted octanol–water partition coefficient (Wildman–Crippen LogP) is 5.76. The van der Waals surface area contributed by atoms with Crippen molar-refractivity contribution in [3.63, 3.8) is 0 Å². The molecule has 5 nitrogen and oxygen atoms in total. The first-order valence-electron chi connectivity index (χ1n) is 11.2. The molecule has 0 amide bonds. The summed E-state index contributed by atoms with van der Waals surface area (Å²) in [5.41, 5.74) is 4.17. The molecule has 0 radical (unpaired) electrons. The monoisotopic (exact) mass is 418 g/mol. The Kier molecular flexibility index (Phi) is 6.70. The fourth-order valence-corrected chi connectivity index (χ4v) is 4.27. The van der Waals surface area contributed by atoms with E-state index >= 15 is 0 Å². The zero-order valence-corrected chi connectivity index (χ0v) is 18.0. The average molecular weight is 419 g/mol. The number of aromatic nitrogens is 2. The molecular formula is C26H30N2O3. The molecule has 0 saturated heterocycles. The molecule has 31 heavy (non-hydrogen) atoms. The summed E-state index contributed by atoms with van der Waals surface area (Å²) < 4.78 is 7.93. The third-order valence-electron chi connectivity index (χ3n) is 6.08. The maximum atomic E-state index is 11.3. The van der Waals surface area contributed by atoms with Gasteiger partial charge in [-0.15, -0.1) is 0 Å². The Hall–Kier alpha value is -3.08. The van der Waals surface area contributed by atoms with Crippen molar-refractivity contribution in [2.24, 2.45) is 5.92 Å². The summed E-state index contributed by atoms with van der Waals surface area (Å²) in [7, 11) is 0. The molecule has 5 heteroatoms. The summed E-state index contributed by atoms with van der Waals surface area (Å²) in [6.45, 7) is 2.27. The van der Waals surface area contributed by atoms with E-state index in [4.69, 9.17) is 9.84 Å². The van der Waals surface area contributed by atoms with Crippen molar-refractivity contribution in [1.82, 2.24) is 9.78 Å². The van der Waals surface area contributed by atoms with Gasteiger partial charge in [-0.25, -0.2) is 4.68 Å². The summed E-state index contributed by atoms with van der Waals surface area (Å²) in [5, 5.41) is 14.1. The highest BCUT2D eigenvalue weighted by Crippen LogP contribution is 2.34. The minimum absolute atomic E-state index is 0.445. The highest BCUT2D eigenvalue weighted by atomic mass is 16.5. The normalized spacial score (nSPS) is 15.5. The van der Waals surface area contributed by atoms with Crippen LogP contribution < -0.4 is 4.74 Å². The minimum atomic E-state index is -0.784. The van der Waals surface area contributed by atoms with Crippen molar-refractivity contribution in [2.75, 3.05) is 0 Å². The Bertz CT molecular complexity index is 989. The van der Waals surface area contributed by atoms with E-state index < -0.39 is 11.9 Å². The van der Waals surface area contributed by atoms with E-state index in [0.29, 0.717) is 18.9 Å². The van der Waals surface area contributed by atoms with Crippen molar-refractivity contribution < 1.29 is 14.6 Å². The first-order chi connectivity index (χ1) is 15.1. The number of aliphatic carboxylic acids is 1. The molecule has 4 rings (SSSR count). The fourth-order valence-electron chi connectivity index (χ4n) is 4.27. The second-order valence-electron chi connectivity index (χ2n) is 8.52. The van der Waals surface area contributed by atoms with Crippen LogP contribution in [-0.4, -0.2) is 20.9 Å². The Morgan fingerprint density at radius 1 is 1.10 bits per heavy atom. The van der Waals surface area contributed by atoms with Gasteiger partial charge in [-0.1, -0.05) is 56.5 Å². The Morgan fingerprint density at radius 2 is 1.81 bits per heavy atom. The lowest BCUT2D eigenvalue weighted by molar-refractivity contribution is -0.141. The van der Waals surface area contributed by atoms with E-state index in [1.807, 2.05) is 59.3 Å². The van der Waals surface area contributed by atoms with E-state index in [9.17, 15) is 9.90 Å². The molecule has 1 N–H and O–H groups in total. The lowest BCUT2D eigenvalue weighted by Gasteiger charge is -2.22. The molecule has 0 spiro atoms. The van der Waals surface area contributed by atoms with E-state index in [0.717, 1.165) is 35.5 Å². The third-order valence-corrected chi connectivity index (χ3v) is 6.08. The molecule has 2 aromatic carbocycles. The first-order valence-corrected chi connectivity index (χ1v) is 11.2. The van der Waals surface area contributed by atoms with Crippen LogP contribution in [0.15, 0.2) is 60.7 Å². The van der Waals surface area contributed by atoms with Crippen LogP contribution in [0.3, 0.4) is 0 Å². The smallest absolute Gasteiger partial charge is 0.306 e. The highest BCUT2D eigenvalue weighted by molar-refractivity contribution is 5.69. The van der Waals surface area contributed by atoms with Crippen LogP contribution in [0.25, 0.3) is 5.69 Å². The Morgan fingerprint density at radius 3 is 2.48 bits per heavy atom. The molecular weight excluding hydrogens is 388 g/mol. The lowest BCUT2D eigenvalue weighted by Crippen LogP contribution is -2.13. The number of hydrogen-bond donors (Lipinski definition) is 1. The van der Waals surface area contributed by atoms with Crippen LogP contribution >= 0.6 is 0 Å². The van der Waals surface area contributed by atoms with Gasteiger partial charge in [-0.2, -0.15) is 5.10 Å². The quantitative estimate of drug-likeness (QED) is 0.505. The van der Waals surface area contributed by atoms with E-state index in [-0.39, 0.29) is 0 Å². The van der Waals surface area contributed by atoms with E-state index in [1.165, 1.54) is 25.0 Å². The van der Waals surface area contributed by atoms with Crippen molar-refractivity contribution in [3.05, 3.63) is 77.6 Å². The number of nitrogens with zero attached hydrogens (tertiary/aromatic N) is 2. The highest BCUT2D eigenvalue weighted by Gasteiger charge is 2.23. The molecule has 0 aliphatic heterocycles. The van der Waals surface area contributed by atoms with Crippen LogP contribution in [0.1, 0.15) is 61.9 Å². The number of carboxylic acids is 1.